The molecule has 2 aromatic carbocycles. The molecule has 1 amide bonds. The normalized spacial score (nSPS) is 13.3. The second-order valence-corrected chi connectivity index (χ2v) is 5.70. The third-order valence-corrected chi connectivity index (χ3v) is 3.83. The van der Waals surface area contributed by atoms with Crippen LogP contribution >= 0.6 is 0 Å². The van der Waals surface area contributed by atoms with Crippen LogP contribution in [0.25, 0.3) is 0 Å². The standard InChI is InChI=1S/C19H23FN2O/c1-2-18(14-8-4-3-5-9-14)22-19(23)13-16(21)12-15-10-6-7-11-17(15)20/h3-11,16,18H,2,12-13,21H2,1H3,(H,22,23)/t16-,18+/m1/s1. The molecule has 0 unspecified atom stereocenters. The molecule has 2 aromatic rings. The Hall–Kier alpha value is -2.20. The van der Waals surface area contributed by atoms with Crippen molar-refractivity contribution in [3.63, 3.8) is 0 Å². The minimum atomic E-state index is -0.403. The summed E-state index contributed by atoms with van der Waals surface area (Å²) in [6, 6.07) is 15.9. The van der Waals surface area contributed by atoms with Gasteiger partial charge in [0.25, 0.3) is 0 Å². The molecule has 0 bridgehead atoms. The first-order valence-electron chi connectivity index (χ1n) is 7.93. The van der Waals surface area contributed by atoms with E-state index < -0.39 is 6.04 Å². The van der Waals surface area contributed by atoms with E-state index in [-0.39, 0.29) is 24.2 Å². The molecular formula is C19H23FN2O. The molecular weight excluding hydrogens is 291 g/mol. The Kier molecular flexibility index (Phi) is 6.29. The Balaban J connectivity index is 1.89. The van der Waals surface area contributed by atoms with E-state index in [1.54, 1.807) is 18.2 Å². The van der Waals surface area contributed by atoms with Crippen LogP contribution in [0.2, 0.25) is 0 Å². The minimum absolute atomic E-state index is 0.0237. The summed E-state index contributed by atoms with van der Waals surface area (Å²) in [7, 11) is 0. The first-order chi connectivity index (χ1) is 11.1. The van der Waals surface area contributed by atoms with Crippen LogP contribution in [0.4, 0.5) is 4.39 Å². The van der Waals surface area contributed by atoms with Crippen LogP contribution in [0.5, 0.6) is 0 Å². The van der Waals surface area contributed by atoms with E-state index in [2.05, 4.69) is 5.32 Å². The number of hydrogen-bond donors (Lipinski definition) is 2. The number of rotatable bonds is 7. The van der Waals surface area contributed by atoms with Crippen molar-refractivity contribution in [3.8, 4) is 0 Å². The minimum Gasteiger partial charge on any atom is -0.349 e. The average Bonchev–Trinajstić information content (AvgIpc) is 2.55. The first-order valence-corrected chi connectivity index (χ1v) is 7.93. The van der Waals surface area contributed by atoms with E-state index in [4.69, 9.17) is 5.73 Å². The average molecular weight is 314 g/mol. The van der Waals surface area contributed by atoms with Gasteiger partial charge < -0.3 is 11.1 Å². The monoisotopic (exact) mass is 314 g/mol. The van der Waals surface area contributed by atoms with Gasteiger partial charge in [-0.1, -0.05) is 55.5 Å². The summed E-state index contributed by atoms with van der Waals surface area (Å²) in [4.78, 5) is 12.2. The van der Waals surface area contributed by atoms with Gasteiger partial charge >= 0.3 is 0 Å². The number of nitrogens with one attached hydrogen (secondary N) is 1. The molecule has 0 aliphatic rings. The van der Waals surface area contributed by atoms with Gasteiger partial charge in [-0.25, -0.2) is 4.39 Å². The molecule has 2 rings (SSSR count). The Bertz CT molecular complexity index is 630. The highest BCUT2D eigenvalue weighted by molar-refractivity contribution is 5.77. The summed E-state index contributed by atoms with van der Waals surface area (Å²) in [6.45, 7) is 2.03. The molecule has 0 spiro atoms. The fourth-order valence-corrected chi connectivity index (χ4v) is 2.62. The number of benzene rings is 2. The Labute approximate surface area is 136 Å². The molecule has 0 saturated heterocycles. The van der Waals surface area contributed by atoms with Crippen LogP contribution in [0.3, 0.4) is 0 Å². The van der Waals surface area contributed by atoms with Crippen molar-refractivity contribution in [1.29, 1.82) is 0 Å². The van der Waals surface area contributed by atoms with Gasteiger partial charge in [-0.15, -0.1) is 0 Å². The van der Waals surface area contributed by atoms with Gasteiger partial charge in [0.1, 0.15) is 5.82 Å². The molecule has 0 fully saturated rings. The van der Waals surface area contributed by atoms with E-state index in [0.717, 1.165) is 12.0 Å². The topological polar surface area (TPSA) is 55.1 Å². The molecule has 0 radical (unpaired) electrons. The summed E-state index contributed by atoms with van der Waals surface area (Å²) in [5.41, 5.74) is 7.62. The van der Waals surface area contributed by atoms with Gasteiger partial charge in [-0.2, -0.15) is 0 Å². The van der Waals surface area contributed by atoms with Gasteiger partial charge in [-0.3, -0.25) is 4.79 Å². The predicted molar refractivity (Wildman–Crippen MR) is 90.3 cm³/mol. The van der Waals surface area contributed by atoms with Gasteiger partial charge in [-0.05, 0) is 30.0 Å². The van der Waals surface area contributed by atoms with Gasteiger partial charge in [0.05, 0.1) is 6.04 Å². The number of hydrogen-bond acceptors (Lipinski definition) is 2. The van der Waals surface area contributed by atoms with Crippen LogP contribution in [-0.4, -0.2) is 11.9 Å². The van der Waals surface area contributed by atoms with Gasteiger partial charge in [0.15, 0.2) is 0 Å². The van der Waals surface area contributed by atoms with Gasteiger partial charge in [0, 0.05) is 12.5 Å². The summed E-state index contributed by atoms with van der Waals surface area (Å²) < 4.78 is 13.6. The van der Waals surface area contributed by atoms with Crippen LogP contribution in [0.15, 0.2) is 54.6 Å². The third-order valence-electron chi connectivity index (χ3n) is 3.83. The molecule has 3 N–H and O–H groups in total. The highest BCUT2D eigenvalue weighted by atomic mass is 19.1. The van der Waals surface area contributed by atoms with Gasteiger partial charge in [0.2, 0.25) is 5.91 Å². The number of carbonyl (C=O) groups excluding carboxylic acids is 1. The van der Waals surface area contributed by atoms with Crippen LogP contribution in [0.1, 0.15) is 36.9 Å². The number of amides is 1. The highest BCUT2D eigenvalue weighted by Crippen LogP contribution is 2.16. The van der Waals surface area contributed by atoms with Crippen molar-refractivity contribution in [3.05, 3.63) is 71.5 Å². The van der Waals surface area contributed by atoms with Crippen LogP contribution in [0, 0.1) is 5.82 Å². The highest BCUT2D eigenvalue weighted by Gasteiger charge is 2.16. The molecule has 122 valence electrons. The summed E-state index contributed by atoms with van der Waals surface area (Å²) in [6.07, 6.45) is 1.33. The smallest absolute Gasteiger partial charge is 0.222 e. The molecule has 2 atom stereocenters. The SMILES string of the molecule is CC[C@H](NC(=O)C[C@H](N)Cc1ccccc1F)c1ccccc1. The molecule has 0 saturated carbocycles. The largest absolute Gasteiger partial charge is 0.349 e. The maximum atomic E-state index is 13.6. The van der Waals surface area contributed by atoms with Crippen molar-refractivity contribution in [1.82, 2.24) is 5.32 Å². The summed E-state index contributed by atoms with van der Waals surface area (Å²) in [5.74, 6) is -0.386. The zero-order valence-corrected chi connectivity index (χ0v) is 13.3. The molecule has 0 aliphatic carbocycles. The van der Waals surface area contributed by atoms with Crippen molar-refractivity contribution in [2.45, 2.75) is 38.3 Å². The maximum Gasteiger partial charge on any atom is 0.222 e. The van der Waals surface area contributed by atoms with E-state index in [1.165, 1.54) is 6.07 Å². The number of halogens is 1. The second-order valence-electron chi connectivity index (χ2n) is 5.70. The van der Waals surface area contributed by atoms with Crippen molar-refractivity contribution >= 4 is 5.91 Å². The van der Waals surface area contributed by atoms with Crippen molar-refractivity contribution in [2.24, 2.45) is 5.73 Å². The zero-order valence-electron chi connectivity index (χ0n) is 13.3. The lowest BCUT2D eigenvalue weighted by Gasteiger charge is -2.19. The van der Waals surface area contributed by atoms with Crippen LogP contribution < -0.4 is 11.1 Å². The Morgan fingerprint density at radius 1 is 1.13 bits per heavy atom. The van der Waals surface area contributed by atoms with E-state index in [0.29, 0.717) is 12.0 Å². The third kappa shape index (κ3) is 5.18. The lowest BCUT2D eigenvalue weighted by atomic mass is 10.0. The predicted octanol–water partition coefficient (Wildman–Crippen LogP) is 3.35. The lowest BCUT2D eigenvalue weighted by molar-refractivity contribution is -0.122. The molecule has 0 aromatic heterocycles. The fraction of sp³-hybridized carbons (Fsp3) is 0.316. The fourth-order valence-electron chi connectivity index (χ4n) is 2.62. The van der Waals surface area contributed by atoms with Crippen molar-refractivity contribution in [2.75, 3.05) is 0 Å². The maximum absolute atomic E-state index is 13.6. The molecule has 3 nitrogen and oxygen atoms in total. The van der Waals surface area contributed by atoms with E-state index in [1.807, 2.05) is 37.3 Å². The van der Waals surface area contributed by atoms with E-state index in [9.17, 15) is 9.18 Å². The van der Waals surface area contributed by atoms with Crippen molar-refractivity contribution < 1.29 is 9.18 Å². The zero-order chi connectivity index (χ0) is 16.7. The Morgan fingerprint density at radius 3 is 2.43 bits per heavy atom. The molecule has 0 heterocycles. The Morgan fingerprint density at radius 2 is 1.78 bits per heavy atom. The lowest BCUT2D eigenvalue weighted by Crippen LogP contribution is -2.35. The molecule has 4 heteroatoms. The van der Waals surface area contributed by atoms with E-state index >= 15 is 0 Å². The summed E-state index contributed by atoms with van der Waals surface area (Å²) >= 11 is 0. The number of carbonyl (C=O) groups is 1. The molecule has 23 heavy (non-hydrogen) atoms. The van der Waals surface area contributed by atoms with Crippen LogP contribution in [-0.2, 0) is 11.2 Å². The second kappa shape index (κ2) is 8.44. The number of nitrogens with two attached hydrogens (primary N) is 1. The molecule has 0 aliphatic heterocycles. The summed E-state index contributed by atoms with van der Waals surface area (Å²) in [5, 5.41) is 3.00. The quantitative estimate of drug-likeness (QED) is 0.823. The first kappa shape index (κ1) is 17.2.